The normalized spacial score (nSPS) is 31.4. The van der Waals surface area contributed by atoms with Crippen LogP contribution in [0.2, 0.25) is 0 Å². The molecule has 0 spiro atoms. The molecule has 0 aromatic carbocycles. The number of sulfone groups is 1. The van der Waals surface area contributed by atoms with Gasteiger partial charge in [0.1, 0.15) is 0 Å². The zero-order chi connectivity index (χ0) is 11.5. The van der Waals surface area contributed by atoms with Gasteiger partial charge in [-0.1, -0.05) is 6.92 Å². The second kappa shape index (κ2) is 4.50. The lowest BCUT2D eigenvalue weighted by atomic mass is 9.89. The Morgan fingerprint density at radius 1 is 1.60 bits per heavy atom. The molecule has 0 radical (unpaired) electrons. The summed E-state index contributed by atoms with van der Waals surface area (Å²) in [5, 5.41) is 8.73. The molecule has 1 aliphatic rings. The van der Waals surface area contributed by atoms with E-state index >= 15 is 0 Å². The molecule has 1 saturated carbocycles. The summed E-state index contributed by atoms with van der Waals surface area (Å²) in [4.78, 5) is 0. The van der Waals surface area contributed by atoms with Gasteiger partial charge in [0.05, 0.1) is 23.3 Å². The first kappa shape index (κ1) is 12.5. The van der Waals surface area contributed by atoms with Crippen molar-refractivity contribution in [1.82, 2.24) is 0 Å². The summed E-state index contributed by atoms with van der Waals surface area (Å²) >= 11 is 0. The summed E-state index contributed by atoms with van der Waals surface area (Å²) in [5.41, 5.74) is -0.582. The maximum atomic E-state index is 11.7. The number of hydrogen-bond donors (Lipinski definition) is 0. The molecule has 4 nitrogen and oxygen atoms in total. The van der Waals surface area contributed by atoms with Crippen LogP contribution in [0.3, 0.4) is 0 Å². The van der Waals surface area contributed by atoms with Crippen molar-refractivity contribution < 1.29 is 13.2 Å². The summed E-state index contributed by atoms with van der Waals surface area (Å²) in [6, 6.07) is 2.22. The highest BCUT2D eigenvalue weighted by atomic mass is 32.2. The first-order chi connectivity index (χ1) is 6.99. The summed E-state index contributed by atoms with van der Waals surface area (Å²) in [6.45, 7) is 1.98. The van der Waals surface area contributed by atoms with Gasteiger partial charge in [-0.05, 0) is 19.3 Å². The first-order valence-electron chi connectivity index (χ1n) is 5.11. The lowest BCUT2D eigenvalue weighted by Gasteiger charge is -2.19. The van der Waals surface area contributed by atoms with Crippen LogP contribution in [0.1, 0.15) is 26.2 Å². The van der Waals surface area contributed by atoms with Crippen LogP contribution in [0.25, 0.3) is 0 Å². The number of ether oxygens (including phenoxy) is 1. The monoisotopic (exact) mass is 231 g/mol. The Kier molecular flexibility index (Phi) is 3.74. The van der Waals surface area contributed by atoms with Crippen LogP contribution in [0, 0.1) is 16.7 Å². The van der Waals surface area contributed by atoms with Gasteiger partial charge in [0.2, 0.25) is 0 Å². The third-order valence-corrected chi connectivity index (χ3v) is 5.35. The second-order valence-corrected chi connectivity index (χ2v) is 6.71. The molecule has 0 aromatic rings. The standard InChI is InChI=1S/C10H17NO3S/c1-3-15(12,13)9-4-5-10(6-9,7-11)8-14-2/h9H,3-6,8H2,1-2H3/t9-,10-/m1/s1. The molecule has 0 heterocycles. The van der Waals surface area contributed by atoms with E-state index in [0.717, 1.165) is 0 Å². The van der Waals surface area contributed by atoms with Crippen LogP contribution in [-0.2, 0) is 14.6 Å². The van der Waals surface area contributed by atoms with Crippen LogP contribution in [0.5, 0.6) is 0 Å². The molecule has 15 heavy (non-hydrogen) atoms. The summed E-state index contributed by atoms with van der Waals surface area (Å²) in [5.74, 6) is 0.159. The van der Waals surface area contributed by atoms with Gasteiger partial charge in [0.15, 0.2) is 9.84 Å². The van der Waals surface area contributed by atoms with Crippen molar-refractivity contribution in [1.29, 1.82) is 5.26 Å². The minimum Gasteiger partial charge on any atom is -0.383 e. The number of methoxy groups -OCH3 is 1. The summed E-state index contributed by atoms with van der Waals surface area (Å²) in [7, 11) is -1.46. The highest BCUT2D eigenvalue weighted by Gasteiger charge is 2.44. The Labute approximate surface area is 91.1 Å². The average molecular weight is 231 g/mol. The van der Waals surface area contributed by atoms with E-state index in [1.165, 1.54) is 0 Å². The fourth-order valence-electron chi connectivity index (χ4n) is 2.16. The highest BCUT2D eigenvalue weighted by molar-refractivity contribution is 7.92. The number of nitrogens with zero attached hydrogens (tertiary/aromatic N) is 1. The Balaban J connectivity index is 2.78. The van der Waals surface area contributed by atoms with Crippen molar-refractivity contribution in [2.75, 3.05) is 19.5 Å². The van der Waals surface area contributed by atoms with Crippen molar-refractivity contribution in [3.05, 3.63) is 0 Å². The van der Waals surface area contributed by atoms with E-state index in [1.54, 1.807) is 14.0 Å². The van der Waals surface area contributed by atoms with E-state index in [9.17, 15) is 8.42 Å². The Bertz CT molecular complexity index is 357. The molecule has 0 saturated heterocycles. The fourth-order valence-corrected chi connectivity index (χ4v) is 3.68. The van der Waals surface area contributed by atoms with Gasteiger partial charge in [0, 0.05) is 12.9 Å². The molecule has 1 fully saturated rings. The smallest absolute Gasteiger partial charge is 0.152 e. The second-order valence-electron chi connectivity index (χ2n) is 4.14. The SMILES string of the molecule is CCS(=O)(=O)[C@@H]1CC[C@@](C#N)(COC)C1. The largest absolute Gasteiger partial charge is 0.383 e. The zero-order valence-electron chi connectivity index (χ0n) is 9.19. The van der Waals surface area contributed by atoms with E-state index < -0.39 is 15.3 Å². The summed E-state index contributed by atoms with van der Waals surface area (Å²) in [6.07, 6.45) is 1.64. The molecule has 2 atom stereocenters. The minimum absolute atomic E-state index is 0.159. The van der Waals surface area contributed by atoms with Gasteiger partial charge in [-0.15, -0.1) is 0 Å². The number of hydrogen-bond acceptors (Lipinski definition) is 4. The fraction of sp³-hybridized carbons (Fsp3) is 0.900. The maximum Gasteiger partial charge on any atom is 0.152 e. The Hall–Kier alpha value is -0.600. The quantitative estimate of drug-likeness (QED) is 0.727. The molecule has 0 bridgehead atoms. The van der Waals surface area contributed by atoms with Crippen molar-refractivity contribution in [3.63, 3.8) is 0 Å². The van der Waals surface area contributed by atoms with E-state index in [-0.39, 0.29) is 11.0 Å². The number of rotatable bonds is 4. The summed E-state index contributed by atoms with van der Waals surface area (Å²) < 4.78 is 28.3. The van der Waals surface area contributed by atoms with Crippen LogP contribution >= 0.6 is 0 Å². The molecule has 0 amide bonds. The molecule has 1 aliphatic carbocycles. The van der Waals surface area contributed by atoms with Gasteiger partial charge in [0.25, 0.3) is 0 Å². The zero-order valence-corrected chi connectivity index (χ0v) is 10.0. The predicted molar refractivity (Wildman–Crippen MR) is 57.0 cm³/mol. The van der Waals surface area contributed by atoms with Crippen LogP contribution in [0.4, 0.5) is 0 Å². The Morgan fingerprint density at radius 2 is 2.27 bits per heavy atom. The molecule has 0 aromatic heterocycles. The molecule has 0 unspecified atom stereocenters. The maximum absolute atomic E-state index is 11.7. The van der Waals surface area contributed by atoms with Crippen molar-refractivity contribution in [2.24, 2.45) is 5.41 Å². The molecule has 5 heteroatoms. The van der Waals surface area contributed by atoms with E-state index in [0.29, 0.717) is 25.9 Å². The van der Waals surface area contributed by atoms with Crippen molar-refractivity contribution in [3.8, 4) is 6.07 Å². The van der Waals surface area contributed by atoms with Gasteiger partial charge in [-0.25, -0.2) is 8.42 Å². The highest BCUT2D eigenvalue weighted by Crippen LogP contribution is 2.41. The average Bonchev–Trinajstić information content (AvgIpc) is 2.64. The van der Waals surface area contributed by atoms with Gasteiger partial charge in [-0.3, -0.25) is 0 Å². The number of nitriles is 1. The van der Waals surface area contributed by atoms with Gasteiger partial charge in [-0.2, -0.15) is 5.26 Å². The molecule has 0 N–H and O–H groups in total. The minimum atomic E-state index is -3.00. The Morgan fingerprint density at radius 3 is 2.73 bits per heavy atom. The third kappa shape index (κ3) is 2.50. The molecule has 0 aliphatic heterocycles. The first-order valence-corrected chi connectivity index (χ1v) is 6.83. The van der Waals surface area contributed by atoms with E-state index in [2.05, 4.69) is 6.07 Å². The molecule has 1 rings (SSSR count). The molecular formula is C10H17NO3S. The lowest BCUT2D eigenvalue weighted by Crippen LogP contribution is -2.25. The predicted octanol–water partition coefficient (Wildman–Crippen LogP) is 1.13. The van der Waals surface area contributed by atoms with Crippen LogP contribution in [-0.4, -0.2) is 33.1 Å². The van der Waals surface area contributed by atoms with Gasteiger partial charge >= 0.3 is 0 Å². The van der Waals surface area contributed by atoms with Crippen LogP contribution < -0.4 is 0 Å². The molecular weight excluding hydrogens is 214 g/mol. The van der Waals surface area contributed by atoms with Crippen molar-refractivity contribution >= 4 is 9.84 Å². The van der Waals surface area contributed by atoms with E-state index in [4.69, 9.17) is 10.00 Å². The van der Waals surface area contributed by atoms with Crippen LogP contribution in [0.15, 0.2) is 0 Å². The van der Waals surface area contributed by atoms with Gasteiger partial charge < -0.3 is 4.74 Å². The third-order valence-electron chi connectivity index (χ3n) is 3.13. The molecule has 86 valence electrons. The van der Waals surface area contributed by atoms with Crippen molar-refractivity contribution in [2.45, 2.75) is 31.4 Å². The topological polar surface area (TPSA) is 67.2 Å². The lowest BCUT2D eigenvalue weighted by molar-refractivity contribution is 0.120. The van der Waals surface area contributed by atoms with E-state index in [1.807, 2.05) is 0 Å².